The molecule has 0 bridgehead atoms. The molecule has 2 rings (SSSR count). The van der Waals surface area contributed by atoms with E-state index in [2.05, 4.69) is 15.5 Å². The van der Waals surface area contributed by atoms with E-state index in [0.717, 1.165) is 10.7 Å². The number of nitrogens with two attached hydrogens (primary N) is 1. The first kappa shape index (κ1) is 19.5. The van der Waals surface area contributed by atoms with Gasteiger partial charge in [-0.15, -0.1) is 0 Å². The number of carbonyl (C=O) groups is 2. The van der Waals surface area contributed by atoms with Crippen LogP contribution < -0.4 is 11.1 Å². The monoisotopic (exact) mass is 372 g/mol. The minimum atomic E-state index is -4.55. The van der Waals surface area contributed by atoms with Gasteiger partial charge in [-0.05, 0) is 19.9 Å². The van der Waals surface area contributed by atoms with E-state index in [-0.39, 0.29) is 23.6 Å². The van der Waals surface area contributed by atoms with Crippen LogP contribution in [-0.4, -0.2) is 31.4 Å². The number of nitrogens with one attached hydrogen (secondary N) is 1. The van der Waals surface area contributed by atoms with Crippen molar-refractivity contribution in [1.29, 1.82) is 0 Å². The maximum atomic E-state index is 12.7. The Hall–Kier alpha value is -2.85. The predicted molar refractivity (Wildman–Crippen MR) is 86.2 cm³/mol. The number of aromatic nitrogens is 4. The number of hydrogen-bond acceptors (Lipinski definition) is 4. The minimum absolute atomic E-state index is 0.0540. The average Bonchev–Trinajstić information content (AvgIpc) is 3.11. The summed E-state index contributed by atoms with van der Waals surface area (Å²) >= 11 is 0. The van der Waals surface area contributed by atoms with Crippen molar-refractivity contribution in [3.8, 4) is 0 Å². The molecule has 142 valence electrons. The Bertz CT molecular complexity index is 824. The van der Waals surface area contributed by atoms with Crippen LogP contribution in [-0.2, 0) is 24.1 Å². The smallest absolute Gasteiger partial charge is 0.364 e. The highest BCUT2D eigenvalue weighted by molar-refractivity contribution is 6.01. The number of nitrogens with zero attached hydrogens (tertiary/aromatic N) is 4. The molecule has 2 amide bonds. The molecule has 0 fully saturated rings. The highest BCUT2D eigenvalue weighted by Gasteiger charge is 2.34. The molecule has 26 heavy (non-hydrogen) atoms. The molecule has 0 saturated carbocycles. The van der Waals surface area contributed by atoms with E-state index in [0.29, 0.717) is 6.54 Å². The predicted octanol–water partition coefficient (Wildman–Crippen LogP) is 1.80. The van der Waals surface area contributed by atoms with Crippen molar-refractivity contribution in [2.45, 2.75) is 40.0 Å². The highest BCUT2D eigenvalue weighted by atomic mass is 19.4. The van der Waals surface area contributed by atoms with Crippen LogP contribution in [0.25, 0.3) is 0 Å². The highest BCUT2D eigenvalue weighted by Crippen LogP contribution is 2.28. The Morgan fingerprint density at radius 1 is 1.35 bits per heavy atom. The zero-order chi connectivity index (χ0) is 19.6. The Kier molecular flexibility index (Phi) is 5.38. The molecule has 0 radical (unpaired) electrons. The Morgan fingerprint density at radius 2 is 2.00 bits per heavy atom. The maximum absolute atomic E-state index is 12.7. The van der Waals surface area contributed by atoms with Crippen molar-refractivity contribution < 1.29 is 22.8 Å². The van der Waals surface area contributed by atoms with Crippen LogP contribution in [0.15, 0.2) is 12.3 Å². The number of rotatable bonds is 6. The summed E-state index contributed by atoms with van der Waals surface area (Å²) in [5.74, 6) is -2.00. The second-order valence-corrected chi connectivity index (χ2v) is 5.85. The van der Waals surface area contributed by atoms with Crippen molar-refractivity contribution in [1.82, 2.24) is 19.6 Å². The lowest BCUT2D eigenvalue weighted by atomic mass is 10.1. The van der Waals surface area contributed by atoms with E-state index in [9.17, 15) is 22.8 Å². The molecule has 11 heteroatoms. The number of halogens is 3. The van der Waals surface area contributed by atoms with E-state index in [4.69, 9.17) is 5.73 Å². The SMILES string of the molecule is CCn1cc(NC(=O)[C@H](C)Cn2nc(C(F)(F)F)cc2C)c(C(N)=O)n1. The van der Waals surface area contributed by atoms with Crippen molar-refractivity contribution >= 4 is 17.5 Å². The van der Waals surface area contributed by atoms with Gasteiger partial charge < -0.3 is 11.1 Å². The Morgan fingerprint density at radius 3 is 2.50 bits per heavy atom. The number of hydrogen-bond donors (Lipinski definition) is 2. The normalized spacial score (nSPS) is 12.8. The van der Waals surface area contributed by atoms with Gasteiger partial charge in [-0.2, -0.15) is 23.4 Å². The molecule has 8 nitrogen and oxygen atoms in total. The summed E-state index contributed by atoms with van der Waals surface area (Å²) < 4.78 is 40.7. The molecule has 0 aliphatic heterocycles. The van der Waals surface area contributed by atoms with E-state index >= 15 is 0 Å². The topological polar surface area (TPSA) is 108 Å². The summed E-state index contributed by atoms with van der Waals surface area (Å²) in [4.78, 5) is 23.7. The first-order chi connectivity index (χ1) is 12.0. The number of primary amides is 1. The first-order valence-corrected chi connectivity index (χ1v) is 7.82. The number of aryl methyl sites for hydroxylation is 2. The third-order valence-corrected chi connectivity index (χ3v) is 3.74. The van der Waals surface area contributed by atoms with E-state index in [1.54, 1.807) is 6.92 Å². The lowest BCUT2D eigenvalue weighted by molar-refractivity contribution is -0.141. The minimum Gasteiger partial charge on any atom is -0.364 e. The summed E-state index contributed by atoms with van der Waals surface area (Å²) in [6.07, 6.45) is -3.09. The van der Waals surface area contributed by atoms with Gasteiger partial charge in [0.05, 0.1) is 18.2 Å². The van der Waals surface area contributed by atoms with Gasteiger partial charge in [0.15, 0.2) is 11.4 Å². The molecular weight excluding hydrogens is 353 g/mol. The summed E-state index contributed by atoms with van der Waals surface area (Å²) in [7, 11) is 0. The zero-order valence-corrected chi connectivity index (χ0v) is 14.5. The molecule has 2 heterocycles. The third-order valence-electron chi connectivity index (χ3n) is 3.74. The molecule has 0 aliphatic carbocycles. The van der Waals surface area contributed by atoms with Gasteiger partial charge in [0.1, 0.15) is 0 Å². The second-order valence-electron chi connectivity index (χ2n) is 5.85. The molecule has 0 aliphatic rings. The van der Waals surface area contributed by atoms with Gasteiger partial charge in [-0.1, -0.05) is 6.92 Å². The fourth-order valence-electron chi connectivity index (χ4n) is 2.29. The quantitative estimate of drug-likeness (QED) is 0.806. The number of alkyl halides is 3. The first-order valence-electron chi connectivity index (χ1n) is 7.82. The van der Waals surface area contributed by atoms with E-state index in [1.165, 1.54) is 24.7 Å². The summed E-state index contributed by atoms with van der Waals surface area (Å²) in [5.41, 5.74) is 4.58. The summed E-state index contributed by atoms with van der Waals surface area (Å²) in [6.45, 7) is 5.23. The van der Waals surface area contributed by atoms with E-state index < -0.39 is 29.6 Å². The standard InChI is InChI=1S/C15H19F3N6O2/c1-4-23-7-10(12(22-23)13(19)25)20-14(26)8(2)6-24-9(3)5-11(21-24)15(16,17)18/h5,7-8H,4,6H2,1-3H3,(H2,19,25)(H,20,26)/t8-/m1/s1. The summed E-state index contributed by atoms with van der Waals surface area (Å²) in [6, 6.07) is 0.918. The fraction of sp³-hybridized carbons (Fsp3) is 0.467. The average molecular weight is 372 g/mol. The van der Waals surface area contributed by atoms with Crippen LogP contribution in [0.3, 0.4) is 0 Å². The van der Waals surface area contributed by atoms with Crippen molar-refractivity contribution in [3.63, 3.8) is 0 Å². The number of anilines is 1. The van der Waals surface area contributed by atoms with Gasteiger partial charge in [0, 0.05) is 18.4 Å². The molecule has 1 atom stereocenters. The van der Waals surface area contributed by atoms with Gasteiger partial charge >= 0.3 is 6.18 Å². The van der Waals surface area contributed by atoms with Crippen LogP contribution in [0.2, 0.25) is 0 Å². The molecule has 2 aromatic heterocycles. The molecular formula is C15H19F3N6O2. The molecule has 2 aromatic rings. The zero-order valence-electron chi connectivity index (χ0n) is 14.5. The van der Waals surface area contributed by atoms with Crippen LogP contribution in [0, 0.1) is 12.8 Å². The molecule has 0 unspecified atom stereocenters. The lowest BCUT2D eigenvalue weighted by Crippen LogP contribution is -2.26. The Balaban J connectivity index is 2.13. The molecule has 3 N–H and O–H groups in total. The largest absolute Gasteiger partial charge is 0.435 e. The van der Waals surface area contributed by atoms with Crippen LogP contribution in [0.4, 0.5) is 18.9 Å². The lowest BCUT2D eigenvalue weighted by Gasteiger charge is -2.13. The summed E-state index contributed by atoms with van der Waals surface area (Å²) in [5, 5.41) is 9.99. The molecule has 0 spiro atoms. The Labute approximate surface area is 147 Å². The fourth-order valence-corrected chi connectivity index (χ4v) is 2.29. The molecule has 0 saturated heterocycles. The second kappa shape index (κ2) is 7.18. The maximum Gasteiger partial charge on any atom is 0.435 e. The third kappa shape index (κ3) is 4.21. The van der Waals surface area contributed by atoms with Crippen LogP contribution in [0.5, 0.6) is 0 Å². The van der Waals surface area contributed by atoms with Gasteiger partial charge in [0.2, 0.25) is 5.91 Å². The van der Waals surface area contributed by atoms with Crippen molar-refractivity contribution in [2.75, 3.05) is 5.32 Å². The van der Waals surface area contributed by atoms with Crippen LogP contribution in [0.1, 0.15) is 35.7 Å². The van der Waals surface area contributed by atoms with E-state index in [1.807, 2.05) is 0 Å². The van der Waals surface area contributed by atoms with Crippen molar-refractivity contribution in [3.05, 3.63) is 29.3 Å². The number of carbonyl (C=O) groups excluding carboxylic acids is 2. The molecule has 0 aromatic carbocycles. The number of amides is 2. The van der Waals surface area contributed by atoms with Crippen LogP contribution >= 0.6 is 0 Å². The van der Waals surface area contributed by atoms with Crippen molar-refractivity contribution in [2.24, 2.45) is 11.7 Å². The van der Waals surface area contributed by atoms with Gasteiger partial charge in [0.25, 0.3) is 5.91 Å². The van der Waals surface area contributed by atoms with Gasteiger partial charge in [-0.25, -0.2) is 0 Å². The van der Waals surface area contributed by atoms with Gasteiger partial charge in [-0.3, -0.25) is 19.0 Å².